The molecule has 1 aromatic heterocycles. The lowest BCUT2D eigenvalue weighted by Gasteiger charge is -2.25. The van der Waals surface area contributed by atoms with Gasteiger partial charge in [-0.3, -0.25) is 4.79 Å². The SMILES string of the molecule is Cn1c(C(=O)NCC(C)(C)O)cc(-c2cc(C(C)(C)C)cc(C3(C)CC3)c2)c1CC1CCCCC1. The van der Waals surface area contributed by atoms with Gasteiger partial charge in [-0.05, 0) is 72.6 Å². The van der Waals surface area contributed by atoms with Gasteiger partial charge in [0.1, 0.15) is 5.69 Å². The summed E-state index contributed by atoms with van der Waals surface area (Å²) in [4.78, 5) is 13.2. The molecule has 2 fully saturated rings. The van der Waals surface area contributed by atoms with Gasteiger partial charge >= 0.3 is 0 Å². The molecule has 2 aliphatic carbocycles. The zero-order chi connectivity index (χ0) is 25.6. The fourth-order valence-corrected chi connectivity index (χ4v) is 5.45. The third-order valence-electron chi connectivity index (χ3n) is 8.29. The van der Waals surface area contributed by atoms with Crippen molar-refractivity contribution in [1.29, 1.82) is 0 Å². The third kappa shape index (κ3) is 6.02. The van der Waals surface area contributed by atoms with Crippen LogP contribution in [0.2, 0.25) is 0 Å². The van der Waals surface area contributed by atoms with Crippen LogP contribution in [0.25, 0.3) is 11.1 Å². The number of nitrogens with one attached hydrogen (secondary N) is 1. The van der Waals surface area contributed by atoms with Crippen LogP contribution in [0.5, 0.6) is 0 Å². The van der Waals surface area contributed by atoms with Crippen molar-refractivity contribution < 1.29 is 9.90 Å². The molecule has 192 valence electrons. The zero-order valence-corrected chi connectivity index (χ0v) is 23.1. The first-order chi connectivity index (χ1) is 16.3. The number of hydrogen-bond donors (Lipinski definition) is 2. The molecule has 35 heavy (non-hydrogen) atoms. The summed E-state index contributed by atoms with van der Waals surface area (Å²) in [6, 6.07) is 9.25. The minimum Gasteiger partial charge on any atom is -0.389 e. The monoisotopic (exact) mass is 478 g/mol. The second-order valence-electron chi connectivity index (χ2n) is 13.3. The van der Waals surface area contributed by atoms with Gasteiger partial charge < -0.3 is 15.0 Å². The summed E-state index contributed by atoms with van der Waals surface area (Å²) in [6.07, 6.45) is 10.0. The average Bonchev–Trinajstić information content (AvgIpc) is 3.46. The first-order valence-corrected chi connectivity index (χ1v) is 13.6. The minimum absolute atomic E-state index is 0.0568. The first-order valence-electron chi connectivity index (χ1n) is 13.6. The van der Waals surface area contributed by atoms with Crippen LogP contribution >= 0.6 is 0 Å². The molecule has 2 aromatic rings. The van der Waals surface area contributed by atoms with E-state index in [4.69, 9.17) is 0 Å². The Kier molecular flexibility index (Phi) is 7.00. The van der Waals surface area contributed by atoms with Crippen LogP contribution in [0, 0.1) is 5.92 Å². The van der Waals surface area contributed by atoms with Gasteiger partial charge in [0, 0.05) is 24.8 Å². The Morgan fingerprint density at radius 2 is 1.71 bits per heavy atom. The van der Waals surface area contributed by atoms with E-state index in [1.165, 1.54) is 72.9 Å². The van der Waals surface area contributed by atoms with E-state index in [1.807, 2.05) is 7.05 Å². The fraction of sp³-hybridized carbons (Fsp3) is 0.645. The van der Waals surface area contributed by atoms with Gasteiger partial charge in [-0.25, -0.2) is 0 Å². The van der Waals surface area contributed by atoms with E-state index in [9.17, 15) is 9.90 Å². The minimum atomic E-state index is -0.940. The molecule has 0 atom stereocenters. The molecule has 0 spiro atoms. The van der Waals surface area contributed by atoms with Crippen molar-refractivity contribution in [2.24, 2.45) is 13.0 Å². The molecule has 2 N–H and O–H groups in total. The Hall–Kier alpha value is -2.07. The molecule has 1 amide bonds. The molecule has 2 aliphatic rings. The Morgan fingerprint density at radius 3 is 2.29 bits per heavy atom. The van der Waals surface area contributed by atoms with Crippen molar-refractivity contribution in [2.45, 2.75) is 109 Å². The van der Waals surface area contributed by atoms with Crippen LogP contribution in [0.4, 0.5) is 0 Å². The Balaban J connectivity index is 1.80. The maximum absolute atomic E-state index is 13.2. The number of nitrogens with zero attached hydrogens (tertiary/aromatic N) is 1. The van der Waals surface area contributed by atoms with Crippen LogP contribution in [-0.2, 0) is 24.3 Å². The molecular weight excluding hydrogens is 432 g/mol. The van der Waals surface area contributed by atoms with E-state index in [-0.39, 0.29) is 23.3 Å². The predicted octanol–water partition coefficient (Wildman–Crippen LogP) is 6.66. The number of amides is 1. The Morgan fingerprint density at radius 1 is 1.06 bits per heavy atom. The molecule has 0 unspecified atom stereocenters. The Bertz CT molecular complexity index is 1050. The lowest BCUT2D eigenvalue weighted by atomic mass is 9.81. The van der Waals surface area contributed by atoms with Crippen molar-refractivity contribution in [1.82, 2.24) is 9.88 Å². The normalized spacial score (nSPS) is 18.5. The number of rotatable bonds is 7. The molecule has 4 heteroatoms. The number of hydrogen-bond acceptors (Lipinski definition) is 2. The van der Waals surface area contributed by atoms with Crippen LogP contribution in [0.1, 0.15) is 114 Å². The van der Waals surface area contributed by atoms with Gasteiger partial charge in [-0.15, -0.1) is 0 Å². The number of aliphatic hydroxyl groups is 1. The van der Waals surface area contributed by atoms with E-state index in [0.717, 1.165) is 6.42 Å². The van der Waals surface area contributed by atoms with Crippen molar-refractivity contribution in [3.63, 3.8) is 0 Å². The fourth-order valence-electron chi connectivity index (χ4n) is 5.45. The summed E-state index contributed by atoms with van der Waals surface area (Å²) in [5.41, 5.74) is 6.57. The largest absolute Gasteiger partial charge is 0.389 e. The van der Waals surface area contributed by atoms with Gasteiger partial charge in [-0.1, -0.05) is 78.0 Å². The molecule has 0 bridgehead atoms. The van der Waals surface area contributed by atoms with Gasteiger partial charge in [0.25, 0.3) is 5.91 Å². The van der Waals surface area contributed by atoms with Gasteiger partial charge in [0.2, 0.25) is 0 Å². The van der Waals surface area contributed by atoms with Crippen LogP contribution in [0.15, 0.2) is 24.3 Å². The molecule has 4 rings (SSSR count). The summed E-state index contributed by atoms with van der Waals surface area (Å²) < 4.78 is 2.12. The molecule has 1 aromatic carbocycles. The highest BCUT2D eigenvalue weighted by Crippen LogP contribution is 2.49. The maximum Gasteiger partial charge on any atom is 0.268 e. The van der Waals surface area contributed by atoms with Crippen molar-refractivity contribution in [3.05, 3.63) is 46.8 Å². The van der Waals surface area contributed by atoms with Gasteiger partial charge in [0.05, 0.1) is 5.60 Å². The number of aromatic nitrogens is 1. The molecule has 0 radical (unpaired) electrons. The smallest absolute Gasteiger partial charge is 0.268 e. The van der Waals surface area contributed by atoms with Gasteiger partial charge in [-0.2, -0.15) is 0 Å². The highest BCUT2D eigenvalue weighted by molar-refractivity contribution is 5.95. The quantitative estimate of drug-likeness (QED) is 0.467. The molecule has 1 heterocycles. The highest BCUT2D eigenvalue weighted by Gasteiger charge is 2.40. The summed E-state index contributed by atoms with van der Waals surface area (Å²) in [5, 5.41) is 13.1. The van der Waals surface area contributed by atoms with Gasteiger partial charge in [0.15, 0.2) is 0 Å². The number of benzene rings is 1. The lowest BCUT2D eigenvalue weighted by Crippen LogP contribution is -2.38. The van der Waals surface area contributed by atoms with Crippen molar-refractivity contribution in [3.8, 4) is 11.1 Å². The van der Waals surface area contributed by atoms with E-state index in [1.54, 1.807) is 13.8 Å². The van der Waals surface area contributed by atoms with Crippen LogP contribution in [-0.4, -0.2) is 27.7 Å². The average molecular weight is 479 g/mol. The summed E-state index contributed by atoms with van der Waals surface area (Å²) >= 11 is 0. The topological polar surface area (TPSA) is 54.3 Å². The van der Waals surface area contributed by atoms with E-state index in [2.05, 4.69) is 61.8 Å². The number of carbonyl (C=O) groups is 1. The maximum atomic E-state index is 13.2. The highest BCUT2D eigenvalue weighted by atomic mass is 16.3. The van der Waals surface area contributed by atoms with E-state index >= 15 is 0 Å². The summed E-state index contributed by atoms with van der Waals surface area (Å²) in [6.45, 7) is 12.9. The first kappa shape index (κ1) is 26.0. The summed E-state index contributed by atoms with van der Waals surface area (Å²) in [5.74, 6) is 0.557. The molecule has 0 aliphatic heterocycles. The molecule has 0 saturated heterocycles. The van der Waals surface area contributed by atoms with E-state index < -0.39 is 5.60 Å². The Labute approximate surface area is 212 Å². The third-order valence-corrected chi connectivity index (χ3v) is 8.29. The van der Waals surface area contributed by atoms with Crippen LogP contribution in [0.3, 0.4) is 0 Å². The standard InChI is InChI=1S/C31H46N2O2/c1-29(2,3)23-16-22(17-24(18-23)31(6)13-14-31)25-19-27(28(34)32-20-30(4,5)35)33(7)26(25)15-21-11-9-8-10-12-21/h16-19,21,35H,8-15,20H2,1-7H3,(H,32,34). The van der Waals surface area contributed by atoms with Crippen molar-refractivity contribution >= 4 is 5.91 Å². The second-order valence-corrected chi connectivity index (χ2v) is 13.3. The summed E-state index contributed by atoms with van der Waals surface area (Å²) in [7, 11) is 2.04. The molecule has 4 nitrogen and oxygen atoms in total. The second kappa shape index (κ2) is 9.42. The molecule has 2 saturated carbocycles. The van der Waals surface area contributed by atoms with E-state index in [0.29, 0.717) is 11.6 Å². The predicted molar refractivity (Wildman–Crippen MR) is 145 cm³/mol. The lowest BCUT2D eigenvalue weighted by molar-refractivity contribution is 0.0690. The zero-order valence-electron chi connectivity index (χ0n) is 23.1. The molecular formula is C31H46N2O2. The van der Waals surface area contributed by atoms with Crippen LogP contribution < -0.4 is 5.32 Å². The van der Waals surface area contributed by atoms with Crippen molar-refractivity contribution in [2.75, 3.05) is 6.54 Å². The number of carbonyl (C=O) groups excluding carboxylic acids is 1.